The minimum Gasteiger partial charge on any atom is -0.339 e. The number of amides is 1. The molecule has 30 heavy (non-hydrogen) atoms. The molecule has 0 radical (unpaired) electrons. The number of nitro groups is 1. The van der Waals surface area contributed by atoms with E-state index in [1.165, 1.54) is 12.1 Å². The predicted octanol–water partition coefficient (Wildman–Crippen LogP) is 4.44. The third-order valence-corrected chi connectivity index (χ3v) is 4.77. The van der Waals surface area contributed by atoms with Crippen LogP contribution in [-0.4, -0.2) is 39.0 Å². The molecule has 8 heteroatoms. The number of carbonyl (C=O) groups excluding carboxylic acids is 1. The molecule has 0 aliphatic carbocycles. The molecule has 1 amide bonds. The Morgan fingerprint density at radius 1 is 1.10 bits per heavy atom. The van der Waals surface area contributed by atoms with Crippen LogP contribution in [0.5, 0.6) is 0 Å². The molecule has 156 valence electrons. The van der Waals surface area contributed by atoms with Gasteiger partial charge in [0.05, 0.1) is 4.92 Å². The van der Waals surface area contributed by atoms with Crippen molar-refractivity contribution in [1.29, 1.82) is 0 Å². The Kier molecular flexibility index (Phi) is 6.90. The van der Waals surface area contributed by atoms with Gasteiger partial charge in [-0.1, -0.05) is 36.2 Å². The van der Waals surface area contributed by atoms with Crippen LogP contribution in [0.25, 0.3) is 11.4 Å². The maximum Gasteiger partial charge on any atom is 0.269 e. The molecule has 1 heterocycles. The zero-order chi connectivity index (χ0) is 21.5. The van der Waals surface area contributed by atoms with Crippen molar-refractivity contribution < 1.29 is 14.2 Å². The van der Waals surface area contributed by atoms with Crippen LogP contribution in [0.2, 0.25) is 0 Å². The molecule has 0 saturated heterocycles. The van der Waals surface area contributed by atoms with E-state index in [1.807, 2.05) is 36.1 Å². The summed E-state index contributed by atoms with van der Waals surface area (Å²) in [5.41, 5.74) is 2.41. The Morgan fingerprint density at radius 2 is 1.80 bits per heavy atom. The number of aromatic nitrogens is 2. The van der Waals surface area contributed by atoms with Gasteiger partial charge in [-0.15, -0.1) is 0 Å². The van der Waals surface area contributed by atoms with E-state index in [2.05, 4.69) is 17.1 Å². The fourth-order valence-electron chi connectivity index (χ4n) is 2.98. The zero-order valence-corrected chi connectivity index (χ0v) is 17.1. The number of aryl methyl sites for hydroxylation is 1. The largest absolute Gasteiger partial charge is 0.339 e. The Bertz CT molecular complexity index is 997. The molecule has 3 rings (SSSR count). The van der Waals surface area contributed by atoms with Crippen LogP contribution < -0.4 is 0 Å². The highest BCUT2D eigenvalue weighted by molar-refractivity contribution is 5.94. The lowest BCUT2D eigenvalue weighted by molar-refractivity contribution is -0.384. The minimum atomic E-state index is -0.457. The second kappa shape index (κ2) is 9.78. The Hall–Kier alpha value is -3.55. The fraction of sp³-hybridized carbons (Fsp3) is 0.318. The van der Waals surface area contributed by atoms with Crippen molar-refractivity contribution in [3.05, 3.63) is 75.7 Å². The van der Waals surface area contributed by atoms with Gasteiger partial charge in [-0.25, -0.2) is 0 Å². The first-order chi connectivity index (χ1) is 14.5. The highest BCUT2D eigenvalue weighted by atomic mass is 16.6. The number of nitrogens with zero attached hydrogens (tertiary/aromatic N) is 4. The summed E-state index contributed by atoms with van der Waals surface area (Å²) < 4.78 is 5.32. The minimum absolute atomic E-state index is 0.00338. The van der Waals surface area contributed by atoms with Crippen LogP contribution in [0.4, 0.5) is 5.69 Å². The fourth-order valence-corrected chi connectivity index (χ4v) is 2.98. The molecule has 3 aromatic rings. The number of rotatable bonds is 9. The number of hydrogen-bond acceptors (Lipinski definition) is 6. The molecule has 0 aliphatic heterocycles. The molecule has 1 aromatic heterocycles. The van der Waals surface area contributed by atoms with Crippen LogP contribution in [0.3, 0.4) is 0 Å². The summed E-state index contributed by atoms with van der Waals surface area (Å²) in [5, 5.41) is 14.7. The van der Waals surface area contributed by atoms with Crippen LogP contribution in [0, 0.1) is 17.0 Å². The van der Waals surface area contributed by atoms with E-state index in [9.17, 15) is 14.9 Å². The number of nitro benzene ring substituents is 1. The van der Waals surface area contributed by atoms with Gasteiger partial charge in [0.1, 0.15) is 0 Å². The molecule has 0 bridgehead atoms. The van der Waals surface area contributed by atoms with E-state index in [4.69, 9.17) is 4.52 Å². The summed E-state index contributed by atoms with van der Waals surface area (Å²) in [4.78, 5) is 29.4. The number of benzene rings is 2. The van der Waals surface area contributed by atoms with E-state index >= 15 is 0 Å². The molecular formula is C22H24N4O4. The standard InChI is InChI=1S/C22H24N4O4/c1-3-4-14-25(22(27)18-7-5-16(2)6-8-18)15-13-20-23-21(24-30-20)17-9-11-19(12-10-17)26(28)29/h5-12H,3-4,13-15H2,1-2H3. The predicted molar refractivity (Wildman–Crippen MR) is 112 cm³/mol. The lowest BCUT2D eigenvalue weighted by Crippen LogP contribution is -2.34. The van der Waals surface area contributed by atoms with Crippen molar-refractivity contribution in [3.8, 4) is 11.4 Å². The van der Waals surface area contributed by atoms with Crippen LogP contribution in [0.1, 0.15) is 41.6 Å². The van der Waals surface area contributed by atoms with Crippen molar-refractivity contribution >= 4 is 11.6 Å². The van der Waals surface area contributed by atoms with Crippen LogP contribution in [0.15, 0.2) is 53.1 Å². The van der Waals surface area contributed by atoms with Crippen LogP contribution in [-0.2, 0) is 6.42 Å². The van der Waals surface area contributed by atoms with Gasteiger partial charge in [0, 0.05) is 42.8 Å². The topological polar surface area (TPSA) is 102 Å². The monoisotopic (exact) mass is 408 g/mol. The average Bonchev–Trinajstić information content (AvgIpc) is 3.23. The van der Waals surface area contributed by atoms with Gasteiger partial charge in [0.15, 0.2) is 0 Å². The second-order valence-electron chi connectivity index (χ2n) is 7.08. The highest BCUT2D eigenvalue weighted by Gasteiger charge is 2.17. The molecule has 8 nitrogen and oxygen atoms in total. The second-order valence-corrected chi connectivity index (χ2v) is 7.08. The van der Waals surface area contributed by atoms with Gasteiger partial charge in [-0.05, 0) is 37.6 Å². The first kappa shape index (κ1) is 21.2. The van der Waals surface area contributed by atoms with Gasteiger partial charge < -0.3 is 9.42 Å². The zero-order valence-electron chi connectivity index (χ0n) is 17.1. The number of non-ortho nitro benzene ring substituents is 1. The maximum absolute atomic E-state index is 12.9. The van der Waals surface area contributed by atoms with Crippen molar-refractivity contribution in [3.63, 3.8) is 0 Å². The van der Waals surface area contributed by atoms with Crippen molar-refractivity contribution in [2.45, 2.75) is 33.1 Å². The molecule has 0 aliphatic rings. The number of hydrogen-bond donors (Lipinski definition) is 0. The number of unbranched alkanes of at least 4 members (excludes halogenated alkanes) is 1. The van der Waals surface area contributed by atoms with Crippen molar-refractivity contribution in [1.82, 2.24) is 15.0 Å². The lowest BCUT2D eigenvalue weighted by atomic mass is 10.1. The summed E-state index contributed by atoms with van der Waals surface area (Å²) in [6.07, 6.45) is 2.33. The molecule has 2 aromatic carbocycles. The first-order valence-electron chi connectivity index (χ1n) is 9.91. The Balaban J connectivity index is 1.67. The van der Waals surface area contributed by atoms with Crippen LogP contribution >= 0.6 is 0 Å². The van der Waals surface area contributed by atoms with Crippen molar-refractivity contribution in [2.24, 2.45) is 0 Å². The molecule has 0 atom stereocenters. The van der Waals surface area contributed by atoms with E-state index in [-0.39, 0.29) is 11.6 Å². The third kappa shape index (κ3) is 5.28. The van der Waals surface area contributed by atoms with E-state index in [0.717, 1.165) is 18.4 Å². The first-order valence-corrected chi connectivity index (χ1v) is 9.91. The van der Waals surface area contributed by atoms with E-state index in [1.54, 1.807) is 12.1 Å². The quantitative estimate of drug-likeness (QED) is 0.383. The van der Waals surface area contributed by atoms with Gasteiger partial charge in [-0.2, -0.15) is 4.98 Å². The smallest absolute Gasteiger partial charge is 0.269 e. The van der Waals surface area contributed by atoms with Gasteiger partial charge in [-0.3, -0.25) is 14.9 Å². The van der Waals surface area contributed by atoms with Gasteiger partial charge >= 0.3 is 0 Å². The molecule has 0 saturated carbocycles. The summed E-state index contributed by atoms with van der Waals surface area (Å²) in [5.74, 6) is 0.769. The average molecular weight is 408 g/mol. The maximum atomic E-state index is 12.9. The molecule has 0 spiro atoms. The molecule has 0 fully saturated rings. The molecule has 0 N–H and O–H groups in total. The summed E-state index contributed by atoms with van der Waals surface area (Å²) >= 11 is 0. The normalized spacial score (nSPS) is 10.7. The van der Waals surface area contributed by atoms with E-state index < -0.39 is 4.92 Å². The van der Waals surface area contributed by atoms with E-state index in [0.29, 0.717) is 42.4 Å². The van der Waals surface area contributed by atoms with Crippen molar-refractivity contribution in [2.75, 3.05) is 13.1 Å². The number of carbonyl (C=O) groups is 1. The third-order valence-electron chi connectivity index (χ3n) is 4.77. The van der Waals surface area contributed by atoms with Gasteiger partial charge in [0.2, 0.25) is 11.7 Å². The highest BCUT2D eigenvalue weighted by Crippen LogP contribution is 2.20. The SMILES string of the molecule is CCCCN(CCc1nc(-c2ccc([N+](=O)[O-])cc2)no1)C(=O)c1ccc(C)cc1. The molecule has 0 unspecified atom stereocenters. The molecular weight excluding hydrogens is 384 g/mol. The van der Waals surface area contributed by atoms with Gasteiger partial charge in [0.25, 0.3) is 11.6 Å². The lowest BCUT2D eigenvalue weighted by Gasteiger charge is -2.22. The summed E-state index contributed by atoms with van der Waals surface area (Å²) in [6, 6.07) is 13.5. The summed E-state index contributed by atoms with van der Waals surface area (Å²) in [6.45, 7) is 5.20. The summed E-state index contributed by atoms with van der Waals surface area (Å²) in [7, 11) is 0. The Morgan fingerprint density at radius 3 is 2.43 bits per heavy atom. The Labute approximate surface area is 174 Å².